The molecule has 1 aromatic rings. The first-order chi connectivity index (χ1) is 12.6. The zero-order valence-corrected chi connectivity index (χ0v) is 15.9. The van der Waals surface area contributed by atoms with Crippen molar-refractivity contribution in [2.75, 3.05) is 33.3 Å². The van der Waals surface area contributed by atoms with Gasteiger partial charge in [-0.15, -0.1) is 0 Å². The van der Waals surface area contributed by atoms with Crippen LogP contribution in [-0.4, -0.2) is 60.0 Å². The molecule has 1 spiro atoms. The standard InChI is InChI=1S/C21H31N3O2/c1-23-14-21(12-18(23)13-26-19-8-10-22-11-9-19)15-24(16-21)20(25)7-6-17-4-2-3-5-17/h8-11,17-18H,2-7,12-16H2,1H3. The van der Waals surface area contributed by atoms with E-state index in [4.69, 9.17) is 4.74 Å². The van der Waals surface area contributed by atoms with Crippen LogP contribution < -0.4 is 4.74 Å². The van der Waals surface area contributed by atoms with Crippen LogP contribution >= 0.6 is 0 Å². The quantitative estimate of drug-likeness (QED) is 0.785. The first-order valence-corrected chi connectivity index (χ1v) is 10.1. The largest absolute Gasteiger partial charge is 0.492 e. The van der Waals surface area contributed by atoms with Crippen molar-refractivity contribution in [1.29, 1.82) is 0 Å². The lowest BCUT2D eigenvalue weighted by Gasteiger charge is -2.48. The fourth-order valence-electron chi connectivity index (χ4n) is 5.15. The molecule has 3 heterocycles. The number of pyridine rings is 1. The van der Waals surface area contributed by atoms with Gasteiger partial charge >= 0.3 is 0 Å². The monoisotopic (exact) mass is 357 g/mol. The predicted molar refractivity (Wildman–Crippen MR) is 101 cm³/mol. The normalized spacial score (nSPS) is 25.6. The summed E-state index contributed by atoms with van der Waals surface area (Å²) in [5, 5.41) is 0. The molecule has 5 heteroatoms. The van der Waals surface area contributed by atoms with Crippen LogP contribution in [0, 0.1) is 11.3 Å². The Bertz CT molecular complexity index is 609. The summed E-state index contributed by atoms with van der Waals surface area (Å²) >= 11 is 0. The van der Waals surface area contributed by atoms with Crippen molar-refractivity contribution in [2.24, 2.45) is 11.3 Å². The SMILES string of the molecule is CN1CC2(CC1COc1ccncc1)CN(C(=O)CCC1CCCC1)C2. The molecule has 3 fully saturated rings. The van der Waals surface area contributed by atoms with Crippen molar-refractivity contribution >= 4 is 5.91 Å². The Kier molecular flexibility index (Phi) is 5.16. The third-order valence-electron chi connectivity index (χ3n) is 6.62. The van der Waals surface area contributed by atoms with Gasteiger partial charge < -0.3 is 9.64 Å². The molecule has 1 atom stereocenters. The molecular formula is C21H31N3O2. The van der Waals surface area contributed by atoms with Crippen LogP contribution in [0.25, 0.3) is 0 Å². The summed E-state index contributed by atoms with van der Waals surface area (Å²) in [6.07, 6.45) is 11.9. The van der Waals surface area contributed by atoms with Gasteiger partial charge in [-0.1, -0.05) is 25.7 Å². The highest BCUT2D eigenvalue weighted by molar-refractivity contribution is 5.77. The number of ether oxygens (including phenoxy) is 1. The number of likely N-dealkylation sites (tertiary alicyclic amines) is 2. The third kappa shape index (κ3) is 3.88. The topological polar surface area (TPSA) is 45.7 Å². The maximum Gasteiger partial charge on any atom is 0.222 e. The fourth-order valence-corrected chi connectivity index (χ4v) is 5.15. The van der Waals surface area contributed by atoms with E-state index in [2.05, 4.69) is 21.8 Å². The van der Waals surface area contributed by atoms with E-state index >= 15 is 0 Å². The van der Waals surface area contributed by atoms with Crippen molar-refractivity contribution in [3.63, 3.8) is 0 Å². The van der Waals surface area contributed by atoms with Gasteiger partial charge in [0.2, 0.25) is 5.91 Å². The van der Waals surface area contributed by atoms with E-state index in [1.807, 2.05) is 12.1 Å². The predicted octanol–water partition coefficient (Wildman–Crippen LogP) is 2.96. The number of hydrogen-bond donors (Lipinski definition) is 0. The minimum absolute atomic E-state index is 0.296. The molecule has 5 nitrogen and oxygen atoms in total. The van der Waals surface area contributed by atoms with Gasteiger partial charge in [-0.2, -0.15) is 0 Å². The van der Waals surface area contributed by atoms with Gasteiger partial charge in [-0.25, -0.2) is 0 Å². The summed E-state index contributed by atoms with van der Waals surface area (Å²) in [6, 6.07) is 4.23. The zero-order valence-electron chi connectivity index (χ0n) is 15.9. The Labute approximate surface area is 156 Å². The Morgan fingerprint density at radius 3 is 2.69 bits per heavy atom. The molecule has 2 aliphatic heterocycles. The Hall–Kier alpha value is -1.62. The average Bonchev–Trinajstić information content (AvgIpc) is 3.25. The molecule has 1 unspecified atom stereocenters. The fraction of sp³-hybridized carbons (Fsp3) is 0.714. The van der Waals surface area contributed by atoms with Crippen LogP contribution in [0.2, 0.25) is 0 Å². The number of carbonyl (C=O) groups excluding carboxylic acids is 1. The Morgan fingerprint density at radius 1 is 1.23 bits per heavy atom. The summed E-state index contributed by atoms with van der Waals surface area (Å²) < 4.78 is 5.93. The lowest BCUT2D eigenvalue weighted by atomic mass is 9.77. The van der Waals surface area contributed by atoms with Gasteiger partial charge in [0.1, 0.15) is 12.4 Å². The minimum Gasteiger partial charge on any atom is -0.492 e. The van der Waals surface area contributed by atoms with Gasteiger partial charge in [-0.05, 0) is 37.9 Å². The van der Waals surface area contributed by atoms with Crippen LogP contribution in [0.15, 0.2) is 24.5 Å². The molecule has 26 heavy (non-hydrogen) atoms. The van der Waals surface area contributed by atoms with Gasteiger partial charge in [0, 0.05) is 49.9 Å². The molecule has 0 aromatic carbocycles. The van der Waals surface area contributed by atoms with Gasteiger partial charge in [0.15, 0.2) is 0 Å². The summed E-state index contributed by atoms with van der Waals surface area (Å²) in [5.74, 6) is 2.06. The molecule has 1 saturated carbocycles. The van der Waals surface area contributed by atoms with Crippen molar-refractivity contribution in [2.45, 2.75) is 51.0 Å². The summed E-state index contributed by atoms with van der Waals surface area (Å²) in [6.45, 7) is 3.65. The van der Waals surface area contributed by atoms with E-state index < -0.39 is 0 Å². The summed E-state index contributed by atoms with van der Waals surface area (Å²) in [4.78, 5) is 21.0. The second-order valence-corrected chi connectivity index (χ2v) is 8.71. The number of hydrogen-bond acceptors (Lipinski definition) is 4. The van der Waals surface area contributed by atoms with E-state index in [1.54, 1.807) is 12.4 Å². The van der Waals surface area contributed by atoms with Gasteiger partial charge in [0.05, 0.1) is 0 Å². The van der Waals surface area contributed by atoms with Crippen LogP contribution in [0.4, 0.5) is 0 Å². The molecule has 0 radical (unpaired) electrons. The summed E-state index contributed by atoms with van der Waals surface area (Å²) in [7, 11) is 2.18. The second-order valence-electron chi connectivity index (χ2n) is 8.71. The molecule has 1 aromatic heterocycles. The smallest absolute Gasteiger partial charge is 0.222 e. The van der Waals surface area contributed by atoms with Gasteiger partial charge in [-0.3, -0.25) is 14.7 Å². The minimum atomic E-state index is 0.296. The number of rotatable bonds is 6. The number of amides is 1. The maximum atomic E-state index is 12.5. The lowest BCUT2D eigenvalue weighted by Crippen LogP contribution is -2.59. The average molecular weight is 357 g/mol. The highest BCUT2D eigenvalue weighted by atomic mass is 16.5. The highest BCUT2D eigenvalue weighted by Crippen LogP contribution is 2.42. The maximum absolute atomic E-state index is 12.5. The number of nitrogens with zero attached hydrogens (tertiary/aromatic N) is 3. The molecule has 0 N–H and O–H groups in total. The Balaban J connectivity index is 1.21. The van der Waals surface area contributed by atoms with Gasteiger partial charge in [0.25, 0.3) is 0 Å². The molecule has 4 rings (SSSR count). The molecule has 1 amide bonds. The highest BCUT2D eigenvalue weighted by Gasteiger charge is 2.51. The second kappa shape index (κ2) is 7.55. The van der Waals surface area contributed by atoms with Crippen molar-refractivity contribution in [3.8, 4) is 5.75 Å². The van der Waals surface area contributed by atoms with Crippen molar-refractivity contribution in [1.82, 2.24) is 14.8 Å². The molecule has 2 saturated heterocycles. The molecule has 3 aliphatic rings. The van der Waals surface area contributed by atoms with Crippen molar-refractivity contribution in [3.05, 3.63) is 24.5 Å². The van der Waals surface area contributed by atoms with Crippen molar-refractivity contribution < 1.29 is 9.53 Å². The lowest BCUT2D eigenvalue weighted by molar-refractivity contribution is -0.143. The van der Waals surface area contributed by atoms with Crippen LogP contribution in [0.5, 0.6) is 5.75 Å². The number of carbonyl (C=O) groups is 1. The third-order valence-corrected chi connectivity index (χ3v) is 6.62. The molecule has 1 aliphatic carbocycles. The van der Waals surface area contributed by atoms with Crippen LogP contribution in [0.3, 0.4) is 0 Å². The summed E-state index contributed by atoms with van der Waals surface area (Å²) in [5.41, 5.74) is 0.296. The Morgan fingerprint density at radius 2 is 1.96 bits per heavy atom. The molecule has 0 bridgehead atoms. The van der Waals surface area contributed by atoms with Crippen LogP contribution in [-0.2, 0) is 4.79 Å². The van der Waals surface area contributed by atoms with E-state index in [0.29, 0.717) is 24.0 Å². The van der Waals surface area contributed by atoms with E-state index in [0.717, 1.165) is 50.6 Å². The first kappa shape index (κ1) is 17.8. The number of likely N-dealkylation sites (N-methyl/N-ethyl adjacent to an activating group) is 1. The molecular weight excluding hydrogens is 326 g/mol. The van der Waals surface area contributed by atoms with Crippen LogP contribution in [0.1, 0.15) is 44.9 Å². The first-order valence-electron chi connectivity index (χ1n) is 10.1. The number of aromatic nitrogens is 1. The van der Waals surface area contributed by atoms with E-state index in [9.17, 15) is 4.79 Å². The zero-order chi connectivity index (χ0) is 18.0. The van der Waals surface area contributed by atoms with E-state index in [1.165, 1.54) is 25.7 Å². The molecule has 142 valence electrons. The van der Waals surface area contributed by atoms with E-state index in [-0.39, 0.29) is 0 Å².